The molecule has 0 amide bonds. The summed E-state index contributed by atoms with van der Waals surface area (Å²) < 4.78 is 0. The Hall–Kier alpha value is -1.64. The van der Waals surface area contributed by atoms with Crippen LogP contribution in [-0.2, 0) is 18.6 Å². The molecule has 2 aromatic carbocycles. The lowest BCUT2D eigenvalue weighted by molar-refractivity contribution is 0.0431. The van der Waals surface area contributed by atoms with E-state index in [2.05, 4.69) is 56.9 Å². The third kappa shape index (κ3) is 5.29. The van der Waals surface area contributed by atoms with Crippen molar-refractivity contribution in [2.24, 2.45) is 4.99 Å². The Labute approximate surface area is 190 Å². The van der Waals surface area contributed by atoms with Gasteiger partial charge in [0.25, 0.3) is 0 Å². The van der Waals surface area contributed by atoms with E-state index < -0.39 is 5.60 Å². The van der Waals surface area contributed by atoms with Crippen molar-refractivity contribution in [3.8, 4) is 0 Å². The monoisotopic (exact) mass is 506 g/mol. The van der Waals surface area contributed by atoms with Gasteiger partial charge in [-0.25, -0.2) is 0 Å². The standard InChI is InChI=1S/C23H30N4O.HI/c1-24-22(25-17-23(28)13-11-19-9-5-6-10-21(19)23)26-20-12-14-27(16-20)15-18-7-3-2-4-8-18;/h2-10,20,28H,11-17H2,1H3,(H2,24,25,26);1H. The average Bonchev–Trinajstić information content (AvgIpc) is 3.31. The first-order chi connectivity index (χ1) is 13.7. The molecule has 6 heteroatoms. The van der Waals surface area contributed by atoms with Crippen molar-refractivity contribution >= 4 is 29.9 Å². The van der Waals surface area contributed by atoms with Gasteiger partial charge < -0.3 is 15.7 Å². The largest absolute Gasteiger partial charge is 0.383 e. The van der Waals surface area contributed by atoms with Crippen molar-refractivity contribution in [3.63, 3.8) is 0 Å². The van der Waals surface area contributed by atoms with E-state index in [4.69, 9.17) is 0 Å². The predicted octanol–water partition coefficient (Wildman–Crippen LogP) is 2.88. The normalized spacial score (nSPS) is 24.1. The zero-order valence-corrected chi connectivity index (χ0v) is 19.3. The second kappa shape index (κ2) is 9.91. The first-order valence-corrected chi connectivity index (χ1v) is 10.2. The van der Waals surface area contributed by atoms with Crippen LogP contribution in [0.5, 0.6) is 0 Å². The minimum Gasteiger partial charge on any atom is -0.383 e. The molecule has 5 nitrogen and oxygen atoms in total. The number of benzene rings is 2. The topological polar surface area (TPSA) is 59.9 Å². The van der Waals surface area contributed by atoms with Crippen LogP contribution >= 0.6 is 24.0 Å². The van der Waals surface area contributed by atoms with Crippen LogP contribution in [0, 0.1) is 0 Å². The van der Waals surface area contributed by atoms with Gasteiger partial charge in [0.1, 0.15) is 5.60 Å². The van der Waals surface area contributed by atoms with Crippen LogP contribution in [0.2, 0.25) is 0 Å². The molecule has 0 aromatic heterocycles. The zero-order valence-electron chi connectivity index (χ0n) is 17.0. The highest BCUT2D eigenvalue weighted by atomic mass is 127. The lowest BCUT2D eigenvalue weighted by Crippen LogP contribution is -2.48. The van der Waals surface area contributed by atoms with E-state index in [0.29, 0.717) is 12.6 Å². The van der Waals surface area contributed by atoms with Crippen LogP contribution < -0.4 is 10.6 Å². The Morgan fingerprint density at radius 2 is 1.93 bits per heavy atom. The predicted molar refractivity (Wildman–Crippen MR) is 129 cm³/mol. The summed E-state index contributed by atoms with van der Waals surface area (Å²) in [7, 11) is 1.79. The molecule has 3 N–H and O–H groups in total. The number of likely N-dealkylation sites (tertiary alicyclic amines) is 1. The molecule has 0 spiro atoms. The van der Waals surface area contributed by atoms with Crippen molar-refractivity contribution in [3.05, 3.63) is 71.3 Å². The fourth-order valence-corrected chi connectivity index (χ4v) is 4.41. The van der Waals surface area contributed by atoms with Crippen molar-refractivity contribution in [2.45, 2.75) is 37.5 Å². The molecule has 0 saturated carbocycles. The highest BCUT2D eigenvalue weighted by molar-refractivity contribution is 14.0. The van der Waals surface area contributed by atoms with Gasteiger partial charge in [-0.15, -0.1) is 24.0 Å². The number of fused-ring (bicyclic) bond motifs is 1. The summed E-state index contributed by atoms with van der Waals surface area (Å²) >= 11 is 0. The SMILES string of the molecule is CN=C(NCC1(O)CCc2ccccc21)NC1CCN(Cc2ccccc2)C1.I. The van der Waals surface area contributed by atoms with Gasteiger partial charge >= 0.3 is 0 Å². The van der Waals surface area contributed by atoms with Gasteiger partial charge in [-0.05, 0) is 36.0 Å². The molecule has 1 heterocycles. The molecular formula is C23H31IN4O. The summed E-state index contributed by atoms with van der Waals surface area (Å²) in [6.45, 7) is 3.55. The highest BCUT2D eigenvalue weighted by Gasteiger charge is 2.36. The quantitative estimate of drug-likeness (QED) is 0.332. The molecular weight excluding hydrogens is 475 g/mol. The smallest absolute Gasteiger partial charge is 0.191 e. The zero-order chi connectivity index (χ0) is 19.4. The number of guanidine groups is 1. The number of nitrogens with zero attached hydrogens (tertiary/aromatic N) is 2. The molecule has 2 aliphatic rings. The van der Waals surface area contributed by atoms with E-state index >= 15 is 0 Å². The average molecular weight is 506 g/mol. The van der Waals surface area contributed by atoms with Crippen LogP contribution in [0.25, 0.3) is 0 Å². The van der Waals surface area contributed by atoms with Crippen molar-refractivity contribution in [1.82, 2.24) is 15.5 Å². The number of aliphatic hydroxyl groups is 1. The van der Waals surface area contributed by atoms with E-state index in [1.54, 1.807) is 7.05 Å². The maximum Gasteiger partial charge on any atom is 0.191 e. The summed E-state index contributed by atoms with van der Waals surface area (Å²) in [5.74, 6) is 0.768. The van der Waals surface area contributed by atoms with E-state index in [1.165, 1.54) is 11.1 Å². The fourth-order valence-electron chi connectivity index (χ4n) is 4.41. The molecule has 1 fully saturated rings. The van der Waals surface area contributed by atoms with Gasteiger partial charge in [-0.1, -0.05) is 54.6 Å². The Bertz CT molecular complexity index is 829. The molecule has 2 aromatic rings. The Kier molecular flexibility index (Phi) is 7.54. The summed E-state index contributed by atoms with van der Waals surface area (Å²) in [5, 5.41) is 18.0. The third-order valence-corrected chi connectivity index (χ3v) is 5.96. The van der Waals surface area contributed by atoms with Gasteiger partial charge in [0, 0.05) is 32.7 Å². The Morgan fingerprint density at radius 3 is 2.72 bits per heavy atom. The van der Waals surface area contributed by atoms with Crippen LogP contribution in [0.4, 0.5) is 0 Å². The number of halogens is 1. The molecule has 2 unspecified atom stereocenters. The lowest BCUT2D eigenvalue weighted by Gasteiger charge is -2.26. The van der Waals surface area contributed by atoms with Crippen LogP contribution in [0.1, 0.15) is 29.5 Å². The number of aliphatic imine (C=N–C) groups is 1. The van der Waals surface area contributed by atoms with Gasteiger partial charge in [-0.2, -0.15) is 0 Å². The molecule has 156 valence electrons. The van der Waals surface area contributed by atoms with Gasteiger partial charge in [0.2, 0.25) is 0 Å². The second-order valence-electron chi connectivity index (χ2n) is 7.97. The fraction of sp³-hybridized carbons (Fsp3) is 0.435. The molecule has 4 rings (SSSR count). The Balaban J connectivity index is 0.00000240. The maximum absolute atomic E-state index is 11.1. The van der Waals surface area contributed by atoms with Crippen molar-refractivity contribution in [2.75, 3.05) is 26.7 Å². The highest BCUT2D eigenvalue weighted by Crippen LogP contribution is 2.36. The second-order valence-corrected chi connectivity index (χ2v) is 7.97. The number of aryl methyl sites for hydroxylation is 1. The third-order valence-electron chi connectivity index (χ3n) is 5.96. The van der Waals surface area contributed by atoms with Crippen molar-refractivity contribution in [1.29, 1.82) is 0 Å². The lowest BCUT2D eigenvalue weighted by atomic mass is 9.96. The van der Waals surface area contributed by atoms with E-state index in [9.17, 15) is 5.11 Å². The van der Waals surface area contributed by atoms with Crippen LogP contribution in [0.15, 0.2) is 59.6 Å². The molecule has 0 bridgehead atoms. The molecule has 1 aliphatic carbocycles. The van der Waals surface area contributed by atoms with E-state index in [1.807, 2.05) is 18.2 Å². The van der Waals surface area contributed by atoms with Gasteiger partial charge in [0.15, 0.2) is 5.96 Å². The number of rotatable bonds is 5. The Morgan fingerprint density at radius 1 is 1.17 bits per heavy atom. The van der Waals surface area contributed by atoms with Crippen molar-refractivity contribution < 1.29 is 5.11 Å². The van der Waals surface area contributed by atoms with E-state index in [0.717, 1.165) is 50.4 Å². The molecule has 2 atom stereocenters. The van der Waals surface area contributed by atoms with Crippen LogP contribution in [-0.4, -0.2) is 48.7 Å². The number of nitrogens with one attached hydrogen (secondary N) is 2. The summed E-state index contributed by atoms with van der Waals surface area (Å²) in [4.78, 5) is 6.85. The first kappa shape index (κ1) is 22.1. The molecule has 1 aliphatic heterocycles. The molecule has 0 radical (unpaired) electrons. The van der Waals surface area contributed by atoms with Gasteiger partial charge in [-0.3, -0.25) is 9.89 Å². The molecule has 29 heavy (non-hydrogen) atoms. The maximum atomic E-state index is 11.1. The number of hydrogen-bond acceptors (Lipinski definition) is 3. The summed E-state index contributed by atoms with van der Waals surface area (Å²) in [5.41, 5.74) is 2.84. The minimum absolute atomic E-state index is 0. The van der Waals surface area contributed by atoms with Crippen LogP contribution in [0.3, 0.4) is 0 Å². The molecule has 1 saturated heterocycles. The minimum atomic E-state index is -0.816. The first-order valence-electron chi connectivity index (χ1n) is 10.2. The van der Waals surface area contributed by atoms with E-state index in [-0.39, 0.29) is 24.0 Å². The summed E-state index contributed by atoms with van der Waals surface area (Å²) in [6.07, 6.45) is 2.78. The number of hydrogen-bond donors (Lipinski definition) is 3. The van der Waals surface area contributed by atoms with Gasteiger partial charge in [0.05, 0.1) is 6.54 Å². The summed E-state index contributed by atoms with van der Waals surface area (Å²) in [6, 6.07) is 19.2.